The highest BCUT2D eigenvalue weighted by molar-refractivity contribution is 6.30. The predicted molar refractivity (Wildman–Crippen MR) is 85.8 cm³/mol. The zero-order valence-corrected chi connectivity index (χ0v) is 13.4. The number of hydrogen-bond donors (Lipinski definition) is 1. The second-order valence-corrected chi connectivity index (χ2v) is 4.83. The van der Waals surface area contributed by atoms with Crippen LogP contribution < -0.4 is 5.32 Å². The first-order valence-electron chi connectivity index (χ1n) is 7.01. The van der Waals surface area contributed by atoms with E-state index in [1.54, 1.807) is 38.1 Å². The quantitative estimate of drug-likeness (QED) is 0.588. The number of anilines is 1. The first-order chi connectivity index (χ1) is 10.5. The number of hydrogen-bond acceptors (Lipinski definition) is 5. The lowest BCUT2D eigenvalue weighted by Gasteiger charge is -2.23. The molecule has 0 spiro atoms. The minimum Gasteiger partial charge on any atom is -0.465 e. The Hall–Kier alpha value is -2.01. The Morgan fingerprint density at radius 2 is 1.73 bits per heavy atom. The van der Waals surface area contributed by atoms with Crippen molar-refractivity contribution in [3.8, 4) is 0 Å². The lowest BCUT2D eigenvalue weighted by Crippen LogP contribution is -2.42. The van der Waals surface area contributed by atoms with Crippen molar-refractivity contribution in [3.05, 3.63) is 41.9 Å². The summed E-state index contributed by atoms with van der Waals surface area (Å²) in [5.74, 6) is -1.93. The Morgan fingerprint density at radius 1 is 1.18 bits per heavy atom. The molecule has 0 saturated carbocycles. The smallest absolute Gasteiger partial charge is 0.329 e. The molecule has 0 saturated heterocycles. The largest absolute Gasteiger partial charge is 0.465 e. The number of benzene rings is 1. The molecule has 0 aliphatic heterocycles. The summed E-state index contributed by atoms with van der Waals surface area (Å²) in [6.07, 6.45) is 1.38. The number of halogens is 1. The molecule has 0 amide bonds. The van der Waals surface area contributed by atoms with Gasteiger partial charge >= 0.3 is 11.9 Å². The van der Waals surface area contributed by atoms with Gasteiger partial charge in [-0.05, 0) is 38.1 Å². The first kappa shape index (κ1) is 18.0. The molecule has 1 aromatic carbocycles. The molecule has 2 atom stereocenters. The maximum Gasteiger partial charge on any atom is 0.329 e. The van der Waals surface area contributed by atoms with Gasteiger partial charge in [0.25, 0.3) is 0 Å². The standard InChI is InChI=1S/C16H20ClNO4/c1-4-13(15(19)21-5-2)14(16(20)22-6-3)18-12-9-7-11(17)8-10-12/h4,7-10,13-14,18H,1,5-6H2,2-3H3/t13-,14+/m1/s1. The van der Waals surface area contributed by atoms with Crippen molar-refractivity contribution in [2.24, 2.45) is 5.92 Å². The summed E-state index contributed by atoms with van der Waals surface area (Å²) in [6.45, 7) is 7.45. The molecule has 0 aliphatic rings. The predicted octanol–water partition coefficient (Wildman–Crippen LogP) is 3.05. The van der Waals surface area contributed by atoms with Crippen molar-refractivity contribution >= 4 is 29.2 Å². The van der Waals surface area contributed by atoms with Crippen LogP contribution in [0.25, 0.3) is 0 Å². The fraction of sp³-hybridized carbons (Fsp3) is 0.375. The van der Waals surface area contributed by atoms with E-state index >= 15 is 0 Å². The second-order valence-electron chi connectivity index (χ2n) is 4.39. The van der Waals surface area contributed by atoms with E-state index in [1.807, 2.05) is 0 Å². The summed E-state index contributed by atoms with van der Waals surface area (Å²) < 4.78 is 10.0. The second kappa shape index (κ2) is 9.10. The van der Waals surface area contributed by atoms with Crippen LogP contribution >= 0.6 is 11.6 Å². The van der Waals surface area contributed by atoms with E-state index in [-0.39, 0.29) is 13.2 Å². The van der Waals surface area contributed by atoms with Gasteiger partial charge in [-0.2, -0.15) is 0 Å². The van der Waals surface area contributed by atoms with Crippen LogP contribution in [-0.2, 0) is 19.1 Å². The average molecular weight is 326 g/mol. The third-order valence-corrected chi connectivity index (χ3v) is 3.13. The number of nitrogens with one attached hydrogen (secondary N) is 1. The van der Waals surface area contributed by atoms with Crippen molar-refractivity contribution in [1.29, 1.82) is 0 Å². The van der Waals surface area contributed by atoms with Gasteiger partial charge in [-0.25, -0.2) is 4.79 Å². The summed E-state index contributed by atoms with van der Waals surface area (Å²) >= 11 is 5.83. The average Bonchev–Trinajstić information content (AvgIpc) is 2.49. The molecule has 5 nitrogen and oxygen atoms in total. The van der Waals surface area contributed by atoms with Crippen molar-refractivity contribution in [3.63, 3.8) is 0 Å². The van der Waals surface area contributed by atoms with Gasteiger partial charge in [0.05, 0.1) is 13.2 Å². The third-order valence-electron chi connectivity index (χ3n) is 2.88. The van der Waals surface area contributed by atoms with Crippen molar-refractivity contribution in [1.82, 2.24) is 0 Å². The van der Waals surface area contributed by atoms with Gasteiger partial charge in [0.1, 0.15) is 12.0 Å². The lowest BCUT2D eigenvalue weighted by molar-refractivity contribution is -0.153. The maximum absolute atomic E-state index is 12.2. The van der Waals surface area contributed by atoms with E-state index in [0.717, 1.165) is 0 Å². The molecule has 0 bridgehead atoms. The summed E-state index contributed by atoms with van der Waals surface area (Å²) in [5.41, 5.74) is 0.638. The van der Waals surface area contributed by atoms with E-state index in [9.17, 15) is 9.59 Å². The molecule has 0 heterocycles. The van der Waals surface area contributed by atoms with Gasteiger partial charge in [-0.1, -0.05) is 17.7 Å². The van der Waals surface area contributed by atoms with Crippen molar-refractivity contribution in [2.75, 3.05) is 18.5 Å². The fourth-order valence-corrected chi connectivity index (χ4v) is 1.99. The van der Waals surface area contributed by atoms with E-state index in [0.29, 0.717) is 10.7 Å². The maximum atomic E-state index is 12.2. The molecule has 0 unspecified atom stereocenters. The minimum atomic E-state index is -0.919. The van der Waals surface area contributed by atoms with Crippen molar-refractivity contribution < 1.29 is 19.1 Å². The third kappa shape index (κ3) is 5.07. The normalized spacial score (nSPS) is 12.9. The summed E-state index contributed by atoms with van der Waals surface area (Å²) in [4.78, 5) is 24.2. The summed E-state index contributed by atoms with van der Waals surface area (Å²) in [7, 11) is 0. The highest BCUT2D eigenvalue weighted by atomic mass is 35.5. The molecule has 0 radical (unpaired) electrons. The van der Waals surface area contributed by atoms with Crippen LogP contribution in [0, 0.1) is 5.92 Å². The Morgan fingerprint density at radius 3 is 2.23 bits per heavy atom. The molecule has 1 N–H and O–H groups in total. The molecule has 6 heteroatoms. The monoisotopic (exact) mass is 325 g/mol. The van der Waals surface area contributed by atoms with Gasteiger partial charge in [0.2, 0.25) is 0 Å². The van der Waals surface area contributed by atoms with Gasteiger partial charge < -0.3 is 14.8 Å². The lowest BCUT2D eigenvalue weighted by atomic mass is 9.99. The number of carbonyl (C=O) groups is 2. The van der Waals surface area contributed by atoms with Crippen LogP contribution in [0.3, 0.4) is 0 Å². The molecular formula is C16H20ClNO4. The number of ether oxygens (including phenoxy) is 2. The molecule has 22 heavy (non-hydrogen) atoms. The number of rotatable bonds is 8. The highest BCUT2D eigenvalue weighted by Crippen LogP contribution is 2.19. The molecule has 120 valence electrons. The topological polar surface area (TPSA) is 64.6 Å². The Balaban J connectivity index is 3.00. The van der Waals surface area contributed by atoms with Gasteiger partial charge in [0, 0.05) is 10.7 Å². The van der Waals surface area contributed by atoms with E-state index in [2.05, 4.69) is 11.9 Å². The molecule has 0 aliphatic carbocycles. The zero-order valence-electron chi connectivity index (χ0n) is 12.7. The Labute approximate surface area is 135 Å². The highest BCUT2D eigenvalue weighted by Gasteiger charge is 2.33. The minimum absolute atomic E-state index is 0.213. The summed E-state index contributed by atoms with van der Waals surface area (Å²) in [6, 6.07) is 5.86. The van der Waals surface area contributed by atoms with Crippen LogP contribution in [0.2, 0.25) is 5.02 Å². The number of esters is 2. The van der Waals surface area contributed by atoms with E-state index in [4.69, 9.17) is 21.1 Å². The Bertz CT molecular complexity index is 515. The van der Waals surface area contributed by atoms with Gasteiger partial charge in [-0.3, -0.25) is 4.79 Å². The molecule has 1 aromatic rings. The van der Waals surface area contributed by atoms with Crippen LogP contribution in [-0.4, -0.2) is 31.2 Å². The van der Waals surface area contributed by atoms with E-state index in [1.165, 1.54) is 6.08 Å². The first-order valence-corrected chi connectivity index (χ1v) is 7.39. The number of carbonyl (C=O) groups excluding carboxylic acids is 2. The van der Waals surface area contributed by atoms with E-state index < -0.39 is 23.9 Å². The molecule has 0 fully saturated rings. The van der Waals surface area contributed by atoms with Gasteiger partial charge in [-0.15, -0.1) is 6.58 Å². The molecule has 0 aromatic heterocycles. The Kier molecular flexibility index (Phi) is 7.46. The summed E-state index contributed by atoms with van der Waals surface area (Å²) in [5, 5.41) is 3.55. The zero-order chi connectivity index (χ0) is 16.5. The van der Waals surface area contributed by atoms with Gasteiger partial charge in [0.15, 0.2) is 0 Å². The van der Waals surface area contributed by atoms with Crippen LogP contribution in [0.1, 0.15) is 13.8 Å². The molecular weight excluding hydrogens is 306 g/mol. The van der Waals surface area contributed by atoms with Crippen molar-refractivity contribution in [2.45, 2.75) is 19.9 Å². The fourth-order valence-electron chi connectivity index (χ4n) is 1.86. The van der Waals surface area contributed by atoms with Crippen LogP contribution in [0.5, 0.6) is 0 Å². The SMILES string of the molecule is C=C[C@@H](C(=O)OCC)[C@H](Nc1ccc(Cl)cc1)C(=O)OCC. The van der Waals surface area contributed by atoms with Crippen LogP contribution in [0.4, 0.5) is 5.69 Å². The van der Waals surface area contributed by atoms with Crippen LogP contribution in [0.15, 0.2) is 36.9 Å². The molecule has 1 rings (SSSR count).